The van der Waals surface area contributed by atoms with E-state index in [0.29, 0.717) is 23.8 Å². The van der Waals surface area contributed by atoms with Gasteiger partial charge in [0.25, 0.3) is 0 Å². The van der Waals surface area contributed by atoms with Crippen LogP contribution in [0.5, 0.6) is 11.5 Å². The molecule has 128 valence electrons. The zero-order valence-electron chi connectivity index (χ0n) is 13.8. The fourth-order valence-electron chi connectivity index (χ4n) is 2.05. The summed E-state index contributed by atoms with van der Waals surface area (Å²) in [5.74, 6) is 1.35. The zero-order chi connectivity index (χ0) is 17.4. The second-order valence-corrected chi connectivity index (χ2v) is 6.50. The van der Waals surface area contributed by atoms with Gasteiger partial charge in [-0.15, -0.1) is 11.3 Å². The lowest BCUT2D eigenvalue weighted by atomic mass is 10.2. The summed E-state index contributed by atoms with van der Waals surface area (Å²) in [5, 5.41) is 2.75. The number of hydrogen-bond acceptors (Lipinski definition) is 5. The first kappa shape index (κ1) is 18.0. The lowest BCUT2D eigenvalue weighted by Crippen LogP contribution is -2.28. The Morgan fingerprint density at radius 2 is 1.75 bits per heavy atom. The van der Waals surface area contributed by atoms with Gasteiger partial charge in [0.05, 0.1) is 18.5 Å². The minimum Gasteiger partial charge on any atom is -0.497 e. The topological polar surface area (TPSA) is 64.6 Å². The Bertz CT molecular complexity index is 679. The number of thiophene rings is 1. The van der Waals surface area contributed by atoms with E-state index in [-0.39, 0.29) is 24.5 Å². The highest BCUT2D eigenvalue weighted by atomic mass is 32.1. The number of amides is 1. The minimum absolute atomic E-state index is 0.0118. The molecule has 0 atom stereocenters. The number of carbonyl (C=O) groups excluding carboxylic acids is 2. The molecule has 0 saturated heterocycles. The van der Waals surface area contributed by atoms with Gasteiger partial charge in [-0.05, 0) is 43.3 Å². The minimum atomic E-state index is -0.144. The molecule has 2 rings (SSSR count). The molecule has 1 amide bonds. The van der Waals surface area contributed by atoms with Crippen LogP contribution in [0, 0.1) is 6.92 Å². The van der Waals surface area contributed by atoms with E-state index in [2.05, 4.69) is 5.32 Å². The number of ether oxygens (including phenoxy) is 2. The van der Waals surface area contributed by atoms with Gasteiger partial charge in [0.2, 0.25) is 5.91 Å². The van der Waals surface area contributed by atoms with Gasteiger partial charge in [-0.1, -0.05) is 0 Å². The Labute approximate surface area is 145 Å². The number of Topliss-reactive ketones (excluding diaryl/α,β-unsaturated/α-hetero) is 1. The standard InChI is InChI=1S/C18H21NO4S/c1-13-3-9-17(24-13)16(20)8-10-18(21)19-11-12-23-15-6-4-14(22-2)5-7-15/h3-7,9H,8,10-12H2,1-2H3,(H,19,21). The molecule has 1 aromatic heterocycles. The third kappa shape index (κ3) is 5.70. The summed E-state index contributed by atoms with van der Waals surface area (Å²) < 4.78 is 10.6. The van der Waals surface area contributed by atoms with E-state index < -0.39 is 0 Å². The molecule has 0 aliphatic carbocycles. The number of nitrogens with one attached hydrogen (secondary N) is 1. The summed E-state index contributed by atoms with van der Waals surface area (Å²) >= 11 is 1.46. The summed E-state index contributed by atoms with van der Waals surface area (Å²) in [6.07, 6.45) is 0.420. The fourth-order valence-corrected chi connectivity index (χ4v) is 2.89. The first-order valence-corrected chi connectivity index (χ1v) is 8.53. The van der Waals surface area contributed by atoms with E-state index in [1.807, 2.05) is 43.3 Å². The average Bonchev–Trinajstić information content (AvgIpc) is 3.03. The van der Waals surface area contributed by atoms with Gasteiger partial charge in [0, 0.05) is 17.7 Å². The number of hydrogen-bond donors (Lipinski definition) is 1. The molecule has 1 heterocycles. The lowest BCUT2D eigenvalue weighted by molar-refractivity contribution is -0.121. The van der Waals surface area contributed by atoms with Crippen molar-refractivity contribution in [3.05, 3.63) is 46.2 Å². The highest BCUT2D eigenvalue weighted by molar-refractivity contribution is 7.14. The summed E-state index contributed by atoms with van der Waals surface area (Å²) in [5.41, 5.74) is 0. The third-order valence-electron chi connectivity index (χ3n) is 3.35. The van der Waals surface area contributed by atoms with Gasteiger partial charge in [0.1, 0.15) is 18.1 Å². The van der Waals surface area contributed by atoms with Crippen molar-refractivity contribution in [2.45, 2.75) is 19.8 Å². The van der Waals surface area contributed by atoms with Gasteiger partial charge >= 0.3 is 0 Å². The van der Waals surface area contributed by atoms with Crippen LogP contribution in [0.25, 0.3) is 0 Å². The number of benzene rings is 1. The van der Waals surface area contributed by atoms with Crippen LogP contribution in [0.2, 0.25) is 0 Å². The Balaban J connectivity index is 1.61. The Morgan fingerprint density at radius 3 is 2.38 bits per heavy atom. The normalized spacial score (nSPS) is 10.2. The molecule has 0 radical (unpaired) electrons. The highest BCUT2D eigenvalue weighted by Gasteiger charge is 2.10. The van der Waals surface area contributed by atoms with Crippen molar-refractivity contribution in [2.24, 2.45) is 0 Å². The van der Waals surface area contributed by atoms with Crippen LogP contribution in [-0.4, -0.2) is 32.0 Å². The molecule has 6 heteroatoms. The number of carbonyl (C=O) groups is 2. The average molecular weight is 347 g/mol. The predicted molar refractivity (Wildman–Crippen MR) is 94.1 cm³/mol. The molecular weight excluding hydrogens is 326 g/mol. The van der Waals surface area contributed by atoms with Gasteiger partial charge in [0.15, 0.2) is 5.78 Å². The smallest absolute Gasteiger partial charge is 0.220 e. The van der Waals surface area contributed by atoms with Crippen molar-refractivity contribution in [2.75, 3.05) is 20.3 Å². The van der Waals surface area contributed by atoms with Crippen molar-refractivity contribution in [3.8, 4) is 11.5 Å². The van der Waals surface area contributed by atoms with E-state index in [1.165, 1.54) is 11.3 Å². The second-order valence-electron chi connectivity index (χ2n) is 5.21. The van der Waals surface area contributed by atoms with Gasteiger partial charge in [-0.2, -0.15) is 0 Å². The van der Waals surface area contributed by atoms with Gasteiger partial charge in [-0.25, -0.2) is 0 Å². The lowest BCUT2D eigenvalue weighted by Gasteiger charge is -2.08. The molecule has 24 heavy (non-hydrogen) atoms. The molecule has 0 bridgehead atoms. The number of ketones is 1. The van der Waals surface area contributed by atoms with E-state index in [0.717, 1.165) is 10.6 Å². The summed E-state index contributed by atoms with van der Waals surface area (Å²) in [7, 11) is 1.61. The van der Waals surface area contributed by atoms with Crippen LogP contribution in [0.15, 0.2) is 36.4 Å². The van der Waals surface area contributed by atoms with E-state index >= 15 is 0 Å². The zero-order valence-corrected chi connectivity index (χ0v) is 14.7. The molecule has 0 aliphatic rings. The van der Waals surface area contributed by atoms with Crippen LogP contribution in [0.4, 0.5) is 0 Å². The van der Waals surface area contributed by atoms with E-state index in [9.17, 15) is 9.59 Å². The molecule has 0 fully saturated rings. The quantitative estimate of drug-likeness (QED) is 0.559. The molecule has 0 saturated carbocycles. The van der Waals surface area contributed by atoms with E-state index in [4.69, 9.17) is 9.47 Å². The molecule has 0 spiro atoms. The number of methoxy groups -OCH3 is 1. The van der Waals surface area contributed by atoms with Crippen molar-refractivity contribution < 1.29 is 19.1 Å². The molecular formula is C18H21NO4S. The molecule has 0 aliphatic heterocycles. The Kier molecular flexibility index (Phi) is 6.81. The molecule has 5 nitrogen and oxygen atoms in total. The maximum Gasteiger partial charge on any atom is 0.220 e. The Hall–Kier alpha value is -2.34. The number of aryl methyl sites for hydroxylation is 1. The second kappa shape index (κ2) is 9.08. The first-order valence-electron chi connectivity index (χ1n) is 7.71. The summed E-state index contributed by atoms with van der Waals surface area (Å²) in [6.45, 7) is 2.73. The third-order valence-corrected chi connectivity index (χ3v) is 4.39. The summed E-state index contributed by atoms with van der Waals surface area (Å²) in [6, 6.07) is 11.0. The number of rotatable bonds is 9. The maximum absolute atomic E-state index is 11.9. The molecule has 0 unspecified atom stereocenters. The maximum atomic E-state index is 11.9. The van der Waals surface area contributed by atoms with Gasteiger partial charge < -0.3 is 14.8 Å². The van der Waals surface area contributed by atoms with Gasteiger partial charge in [-0.3, -0.25) is 9.59 Å². The predicted octanol–water partition coefficient (Wildman–Crippen LogP) is 3.22. The van der Waals surface area contributed by atoms with Crippen LogP contribution in [0.3, 0.4) is 0 Å². The van der Waals surface area contributed by atoms with Crippen LogP contribution in [0.1, 0.15) is 27.4 Å². The van der Waals surface area contributed by atoms with Crippen molar-refractivity contribution in [1.29, 1.82) is 0 Å². The van der Waals surface area contributed by atoms with E-state index in [1.54, 1.807) is 7.11 Å². The Morgan fingerprint density at radius 1 is 1.04 bits per heavy atom. The van der Waals surface area contributed by atoms with Crippen molar-refractivity contribution >= 4 is 23.0 Å². The first-order chi connectivity index (χ1) is 11.6. The fraction of sp³-hybridized carbons (Fsp3) is 0.333. The molecule has 1 aromatic carbocycles. The monoisotopic (exact) mass is 347 g/mol. The van der Waals surface area contributed by atoms with Crippen LogP contribution >= 0.6 is 11.3 Å². The summed E-state index contributed by atoms with van der Waals surface area (Å²) in [4.78, 5) is 25.5. The molecule has 1 N–H and O–H groups in total. The highest BCUT2D eigenvalue weighted by Crippen LogP contribution is 2.18. The van der Waals surface area contributed by atoms with Crippen LogP contribution in [-0.2, 0) is 4.79 Å². The largest absolute Gasteiger partial charge is 0.497 e. The van der Waals surface area contributed by atoms with Crippen molar-refractivity contribution in [1.82, 2.24) is 5.32 Å². The van der Waals surface area contributed by atoms with Crippen molar-refractivity contribution in [3.63, 3.8) is 0 Å². The SMILES string of the molecule is COc1ccc(OCCNC(=O)CCC(=O)c2ccc(C)s2)cc1. The van der Waals surface area contributed by atoms with Crippen LogP contribution < -0.4 is 14.8 Å². The molecule has 2 aromatic rings.